The zero-order valence-electron chi connectivity index (χ0n) is 14.2. The van der Waals surface area contributed by atoms with E-state index in [1.165, 1.54) is 0 Å². The molecule has 1 saturated heterocycles. The van der Waals surface area contributed by atoms with E-state index in [0.29, 0.717) is 35.5 Å². The van der Waals surface area contributed by atoms with Crippen LogP contribution < -0.4 is 0 Å². The fourth-order valence-corrected chi connectivity index (χ4v) is 3.41. The van der Waals surface area contributed by atoms with Gasteiger partial charge in [-0.2, -0.15) is 4.98 Å². The number of aromatic carboxylic acids is 1. The molecular formula is C19H19N3O4. The van der Waals surface area contributed by atoms with E-state index in [1.54, 1.807) is 36.6 Å². The minimum atomic E-state index is -0.885. The molecule has 7 nitrogen and oxygen atoms in total. The van der Waals surface area contributed by atoms with Crippen LogP contribution in [0.3, 0.4) is 0 Å². The molecule has 0 radical (unpaired) electrons. The summed E-state index contributed by atoms with van der Waals surface area (Å²) >= 11 is 0. The van der Waals surface area contributed by atoms with E-state index in [4.69, 9.17) is 14.0 Å². The highest BCUT2D eigenvalue weighted by Gasteiger charge is 2.24. The molecule has 0 saturated carbocycles. The van der Waals surface area contributed by atoms with Gasteiger partial charge in [-0.25, -0.2) is 4.79 Å². The Hall–Kier alpha value is -2.93. The van der Waals surface area contributed by atoms with E-state index in [-0.39, 0.29) is 0 Å². The van der Waals surface area contributed by atoms with Crippen LogP contribution in [0.2, 0.25) is 0 Å². The number of hydrogen-bond acceptors (Lipinski definition) is 6. The molecule has 1 aliphatic heterocycles. The Kier molecular flexibility index (Phi) is 4.53. The van der Waals surface area contributed by atoms with E-state index >= 15 is 0 Å². The van der Waals surface area contributed by atoms with Gasteiger partial charge in [0.25, 0.3) is 5.89 Å². The standard InChI is InChI=1S/C19H19N3O4/c23-19(24)15-4-1-3-13(10-15)9-14-6-7-22(11-14)12-17-20-18(26-21-17)16-5-2-8-25-16/h1-5,8,10,14H,6-7,9,11-12H2,(H,23,24)/t14-/m1/s1. The molecule has 1 aliphatic rings. The van der Waals surface area contributed by atoms with Crippen LogP contribution in [-0.4, -0.2) is 39.2 Å². The van der Waals surface area contributed by atoms with Crippen molar-refractivity contribution in [3.63, 3.8) is 0 Å². The second kappa shape index (κ2) is 7.13. The number of carboxylic acid groups (broad SMARTS) is 1. The van der Waals surface area contributed by atoms with Gasteiger partial charge in [0.1, 0.15) is 0 Å². The maximum atomic E-state index is 11.1. The average molecular weight is 353 g/mol. The van der Waals surface area contributed by atoms with Crippen molar-refractivity contribution in [3.8, 4) is 11.7 Å². The van der Waals surface area contributed by atoms with E-state index in [9.17, 15) is 4.79 Å². The summed E-state index contributed by atoms with van der Waals surface area (Å²) in [4.78, 5) is 17.8. The number of rotatable bonds is 6. The van der Waals surface area contributed by atoms with Crippen molar-refractivity contribution in [3.05, 3.63) is 59.6 Å². The third-order valence-corrected chi connectivity index (χ3v) is 4.63. The average Bonchev–Trinajstić information content (AvgIpc) is 3.37. The van der Waals surface area contributed by atoms with Gasteiger partial charge in [0, 0.05) is 6.54 Å². The van der Waals surface area contributed by atoms with Gasteiger partial charge in [-0.15, -0.1) is 0 Å². The summed E-state index contributed by atoms with van der Waals surface area (Å²) in [6.45, 7) is 2.53. The van der Waals surface area contributed by atoms with Crippen molar-refractivity contribution < 1.29 is 18.8 Å². The van der Waals surface area contributed by atoms with Crippen LogP contribution in [0.1, 0.15) is 28.2 Å². The molecule has 1 N–H and O–H groups in total. The van der Waals surface area contributed by atoms with Crippen molar-refractivity contribution in [2.45, 2.75) is 19.4 Å². The lowest BCUT2D eigenvalue weighted by Gasteiger charge is -2.14. The lowest BCUT2D eigenvalue weighted by atomic mass is 9.97. The van der Waals surface area contributed by atoms with E-state index in [1.807, 2.05) is 6.07 Å². The second-order valence-corrected chi connectivity index (χ2v) is 6.59. The molecule has 0 amide bonds. The summed E-state index contributed by atoms with van der Waals surface area (Å²) in [7, 11) is 0. The first-order valence-electron chi connectivity index (χ1n) is 8.58. The summed E-state index contributed by atoms with van der Waals surface area (Å²) < 4.78 is 10.5. The van der Waals surface area contributed by atoms with Crippen LogP contribution >= 0.6 is 0 Å². The third kappa shape index (κ3) is 3.67. The fourth-order valence-electron chi connectivity index (χ4n) is 3.41. The number of benzene rings is 1. The van der Waals surface area contributed by atoms with E-state index in [0.717, 1.165) is 31.5 Å². The maximum absolute atomic E-state index is 11.1. The molecule has 26 heavy (non-hydrogen) atoms. The zero-order valence-corrected chi connectivity index (χ0v) is 14.2. The molecule has 1 aromatic carbocycles. The maximum Gasteiger partial charge on any atom is 0.335 e. The van der Waals surface area contributed by atoms with E-state index < -0.39 is 5.97 Å². The van der Waals surface area contributed by atoms with Gasteiger partial charge < -0.3 is 14.0 Å². The molecule has 1 fully saturated rings. The molecular weight excluding hydrogens is 334 g/mol. The quantitative estimate of drug-likeness (QED) is 0.728. The van der Waals surface area contributed by atoms with Crippen LogP contribution in [-0.2, 0) is 13.0 Å². The van der Waals surface area contributed by atoms with Crippen LogP contribution in [0.25, 0.3) is 11.7 Å². The number of aromatic nitrogens is 2. The highest BCUT2D eigenvalue weighted by Crippen LogP contribution is 2.23. The van der Waals surface area contributed by atoms with Crippen molar-refractivity contribution in [1.29, 1.82) is 0 Å². The predicted octanol–water partition coefficient (Wildman–Crippen LogP) is 3.09. The summed E-state index contributed by atoms with van der Waals surface area (Å²) in [6, 6.07) is 10.8. The first kappa shape index (κ1) is 16.5. The molecule has 0 aliphatic carbocycles. The Morgan fingerprint density at radius 1 is 1.31 bits per heavy atom. The third-order valence-electron chi connectivity index (χ3n) is 4.63. The summed E-state index contributed by atoms with van der Waals surface area (Å²) in [5, 5.41) is 13.1. The lowest BCUT2D eigenvalue weighted by Crippen LogP contribution is -2.21. The Labute approximate surface area is 150 Å². The lowest BCUT2D eigenvalue weighted by molar-refractivity contribution is 0.0696. The monoisotopic (exact) mass is 353 g/mol. The highest BCUT2D eigenvalue weighted by molar-refractivity contribution is 5.87. The second-order valence-electron chi connectivity index (χ2n) is 6.59. The van der Waals surface area contributed by atoms with Gasteiger partial charge in [0.05, 0.1) is 18.4 Å². The first-order valence-corrected chi connectivity index (χ1v) is 8.58. The Bertz CT molecular complexity index is 888. The molecule has 7 heteroatoms. The molecule has 0 bridgehead atoms. The molecule has 3 heterocycles. The summed E-state index contributed by atoms with van der Waals surface area (Å²) in [6.07, 6.45) is 3.52. The van der Waals surface area contributed by atoms with Crippen LogP contribution in [0.15, 0.2) is 51.6 Å². The SMILES string of the molecule is O=C(O)c1cccc(C[C@H]2CCN(Cc3noc(-c4ccco4)n3)C2)c1. The molecule has 4 rings (SSSR count). The minimum Gasteiger partial charge on any atom is -0.478 e. The number of carboxylic acids is 1. The molecule has 0 spiro atoms. The Morgan fingerprint density at radius 2 is 2.23 bits per heavy atom. The highest BCUT2D eigenvalue weighted by atomic mass is 16.5. The van der Waals surface area contributed by atoms with Gasteiger partial charge in [-0.05, 0) is 55.1 Å². The number of carbonyl (C=O) groups is 1. The van der Waals surface area contributed by atoms with Crippen LogP contribution in [0.5, 0.6) is 0 Å². The Balaban J connectivity index is 1.34. The topological polar surface area (TPSA) is 92.6 Å². The molecule has 134 valence electrons. The smallest absolute Gasteiger partial charge is 0.335 e. The number of furan rings is 1. The van der Waals surface area contributed by atoms with Crippen molar-refractivity contribution in [2.24, 2.45) is 5.92 Å². The predicted molar refractivity (Wildman–Crippen MR) is 92.5 cm³/mol. The summed E-state index contributed by atoms with van der Waals surface area (Å²) in [5.41, 5.74) is 1.41. The van der Waals surface area contributed by atoms with Gasteiger partial charge in [0.2, 0.25) is 0 Å². The molecule has 2 aromatic heterocycles. The Morgan fingerprint density at radius 3 is 3.04 bits per heavy atom. The van der Waals surface area contributed by atoms with Gasteiger partial charge >= 0.3 is 5.97 Å². The number of likely N-dealkylation sites (tertiary alicyclic amines) is 1. The molecule has 3 aromatic rings. The van der Waals surface area contributed by atoms with Crippen molar-refractivity contribution >= 4 is 5.97 Å². The van der Waals surface area contributed by atoms with Gasteiger partial charge in [-0.1, -0.05) is 17.3 Å². The van der Waals surface area contributed by atoms with Gasteiger partial charge in [-0.3, -0.25) is 4.90 Å². The van der Waals surface area contributed by atoms with Crippen LogP contribution in [0, 0.1) is 5.92 Å². The number of nitrogens with zero attached hydrogens (tertiary/aromatic N) is 3. The minimum absolute atomic E-state index is 0.342. The van der Waals surface area contributed by atoms with Crippen molar-refractivity contribution in [2.75, 3.05) is 13.1 Å². The molecule has 0 unspecified atom stereocenters. The molecule has 1 atom stereocenters. The van der Waals surface area contributed by atoms with E-state index in [2.05, 4.69) is 15.0 Å². The normalized spacial score (nSPS) is 17.6. The van der Waals surface area contributed by atoms with Crippen LogP contribution in [0.4, 0.5) is 0 Å². The largest absolute Gasteiger partial charge is 0.478 e. The first-order chi connectivity index (χ1) is 12.7. The number of hydrogen-bond donors (Lipinski definition) is 1. The zero-order chi connectivity index (χ0) is 17.9. The van der Waals surface area contributed by atoms with Crippen molar-refractivity contribution in [1.82, 2.24) is 15.0 Å². The van der Waals surface area contributed by atoms with Gasteiger partial charge in [0.15, 0.2) is 11.6 Å². The fraction of sp³-hybridized carbons (Fsp3) is 0.316. The summed E-state index contributed by atoms with van der Waals surface area (Å²) in [5.74, 6) is 1.22.